The van der Waals surface area contributed by atoms with Gasteiger partial charge in [0.25, 0.3) is 0 Å². The Labute approximate surface area is 135 Å². The lowest BCUT2D eigenvalue weighted by atomic mass is 10.2. The molecule has 0 aliphatic carbocycles. The van der Waals surface area contributed by atoms with E-state index in [4.69, 9.17) is 4.42 Å². The van der Waals surface area contributed by atoms with E-state index in [-0.39, 0.29) is 0 Å². The largest absolute Gasteiger partial charge is 0.441 e. The summed E-state index contributed by atoms with van der Waals surface area (Å²) >= 11 is 1.79. The molecule has 0 aliphatic heterocycles. The van der Waals surface area contributed by atoms with Crippen LogP contribution in [-0.4, -0.2) is 16.9 Å². The smallest absolute Gasteiger partial charge is 0.226 e. The summed E-state index contributed by atoms with van der Waals surface area (Å²) in [5.74, 6) is 1.59. The van der Waals surface area contributed by atoms with Crippen molar-refractivity contribution in [2.24, 2.45) is 0 Å². The first-order chi connectivity index (χ1) is 10.6. The fourth-order valence-electron chi connectivity index (χ4n) is 2.40. The van der Waals surface area contributed by atoms with Crippen LogP contribution >= 0.6 is 11.3 Å². The SMILES string of the molecule is Cc1oc(-c2ccccc2)nc1CN(C)C(C)c1cccs1. The van der Waals surface area contributed by atoms with E-state index in [0.29, 0.717) is 11.9 Å². The van der Waals surface area contributed by atoms with Gasteiger partial charge in [-0.15, -0.1) is 11.3 Å². The van der Waals surface area contributed by atoms with Gasteiger partial charge in [-0.25, -0.2) is 4.98 Å². The number of rotatable bonds is 5. The second-order valence-electron chi connectivity index (χ2n) is 5.49. The first kappa shape index (κ1) is 15.0. The van der Waals surface area contributed by atoms with E-state index in [9.17, 15) is 0 Å². The van der Waals surface area contributed by atoms with Gasteiger partial charge in [0, 0.05) is 23.0 Å². The van der Waals surface area contributed by atoms with Crippen LogP contribution < -0.4 is 0 Å². The molecule has 1 aromatic carbocycles. The molecule has 2 heterocycles. The van der Waals surface area contributed by atoms with E-state index in [2.05, 4.69) is 41.4 Å². The molecule has 0 fully saturated rings. The van der Waals surface area contributed by atoms with Gasteiger partial charge < -0.3 is 4.42 Å². The summed E-state index contributed by atoms with van der Waals surface area (Å²) in [6.07, 6.45) is 0. The highest BCUT2D eigenvalue weighted by molar-refractivity contribution is 7.10. The highest BCUT2D eigenvalue weighted by Crippen LogP contribution is 2.27. The quantitative estimate of drug-likeness (QED) is 0.670. The van der Waals surface area contributed by atoms with Gasteiger partial charge in [0.15, 0.2) is 0 Å². The number of aromatic nitrogens is 1. The molecule has 0 saturated carbocycles. The van der Waals surface area contributed by atoms with Crippen LogP contribution in [0.3, 0.4) is 0 Å². The van der Waals surface area contributed by atoms with Crippen LogP contribution in [0.25, 0.3) is 11.5 Å². The van der Waals surface area contributed by atoms with Gasteiger partial charge in [0.05, 0.1) is 5.69 Å². The van der Waals surface area contributed by atoms with Gasteiger partial charge in [-0.1, -0.05) is 24.3 Å². The normalized spacial score (nSPS) is 12.7. The zero-order chi connectivity index (χ0) is 15.5. The Morgan fingerprint density at radius 1 is 1.18 bits per heavy atom. The van der Waals surface area contributed by atoms with Crippen molar-refractivity contribution < 1.29 is 4.42 Å². The Morgan fingerprint density at radius 3 is 2.64 bits per heavy atom. The number of hydrogen-bond donors (Lipinski definition) is 0. The molecule has 0 radical (unpaired) electrons. The molecule has 3 nitrogen and oxygen atoms in total. The third kappa shape index (κ3) is 3.13. The second-order valence-corrected chi connectivity index (χ2v) is 6.47. The summed E-state index contributed by atoms with van der Waals surface area (Å²) in [6.45, 7) is 4.99. The molecular weight excluding hydrogens is 292 g/mol. The summed E-state index contributed by atoms with van der Waals surface area (Å²) in [5, 5.41) is 2.12. The van der Waals surface area contributed by atoms with E-state index >= 15 is 0 Å². The van der Waals surface area contributed by atoms with Gasteiger partial charge >= 0.3 is 0 Å². The molecule has 114 valence electrons. The predicted molar refractivity (Wildman–Crippen MR) is 90.9 cm³/mol. The topological polar surface area (TPSA) is 29.3 Å². The number of oxazole rings is 1. The Bertz CT molecular complexity index is 719. The Morgan fingerprint density at radius 2 is 1.95 bits per heavy atom. The zero-order valence-electron chi connectivity index (χ0n) is 13.1. The molecule has 2 aromatic heterocycles. The summed E-state index contributed by atoms with van der Waals surface area (Å²) < 4.78 is 5.84. The zero-order valence-corrected chi connectivity index (χ0v) is 13.9. The maximum atomic E-state index is 5.84. The monoisotopic (exact) mass is 312 g/mol. The van der Waals surface area contributed by atoms with Crippen molar-refractivity contribution >= 4 is 11.3 Å². The van der Waals surface area contributed by atoms with Crippen molar-refractivity contribution in [3.8, 4) is 11.5 Å². The number of nitrogens with zero attached hydrogens (tertiary/aromatic N) is 2. The lowest BCUT2D eigenvalue weighted by Gasteiger charge is -2.22. The summed E-state index contributed by atoms with van der Waals surface area (Å²) in [5.41, 5.74) is 2.02. The Hall–Kier alpha value is -1.91. The third-order valence-electron chi connectivity index (χ3n) is 3.93. The van der Waals surface area contributed by atoms with E-state index in [1.54, 1.807) is 11.3 Å². The van der Waals surface area contributed by atoms with Crippen LogP contribution in [0.2, 0.25) is 0 Å². The highest BCUT2D eigenvalue weighted by Gasteiger charge is 2.17. The lowest BCUT2D eigenvalue weighted by molar-refractivity contribution is 0.252. The lowest BCUT2D eigenvalue weighted by Crippen LogP contribution is -2.21. The molecular formula is C18H20N2OS. The van der Waals surface area contributed by atoms with Crippen LogP contribution in [0.1, 0.15) is 29.3 Å². The van der Waals surface area contributed by atoms with Crippen molar-refractivity contribution in [3.05, 3.63) is 64.2 Å². The molecule has 1 atom stereocenters. The van der Waals surface area contributed by atoms with E-state index in [0.717, 1.165) is 23.6 Å². The first-order valence-electron chi connectivity index (χ1n) is 7.40. The van der Waals surface area contributed by atoms with Crippen molar-refractivity contribution in [2.75, 3.05) is 7.05 Å². The number of thiophene rings is 1. The average molecular weight is 312 g/mol. The number of aryl methyl sites for hydroxylation is 1. The fraction of sp³-hybridized carbons (Fsp3) is 0.278. The molecule has 22 heavy (non-hydrogen) atoms. The molecule has 3 rings (SSSR count). The maximum absolute atomic E-state index is 5.84. The predicted octanol–water partition coefficient (Wildman–Crippen LogP) is 4.90. The van der Waals surface area contributed by atoms with Gasteiger partial charge in [-0.3, -0.25) is 4.90 Å². The summed E-state index contributed by atoms with van der Waals surface area (Å²) in [7, 11) is 2.13. The molecule has 0 N–H and O–H groups in total. The average Bonchev–Trinajstić information content (AvgIpc) is 3.18. The van der Waals surface area contributed by atoms with Gasteiger partial charge in [0.2, 0.25) is 5.89 Å². The second kappa shape index (κ2) is 6.46. The van der Waals surface area contributed by atoms with Gasteiger partial charge in [-0.05, 0) is 44.5 Å². The van der Waals surface area contributed by atoms with Crippen molar-refractivity contribution in [2.45, 2.75) is 26.4 Å². The minimum atomic E-state index is 0.372. The molecule has 0 spiro atoms. The van der Waals surface area contributed by atoms with E-state index in [1.165, 1.54) is 4.88 Å². The molecule has 0 bridgehead atoms. The minimum absolute atomic E-state index is 0.372. The van der Waals surface area contributed by atoms with Crippen LogP contribution in [0.5, 0.6) is 0 Å². The van der Waals surface area contributed by atoms with E-state index in [1.807, 2.05) is 37.3 Å². The standard InChI is InChI=1S/C18H20N2OS/c1-13(17-10-7-11-22-17)20(3)12-16-14(2)21-18(19-16)15-8-5-4-6-9-15/h4-11,13H,12H2,1-3H3. The maximum Gasteiger partial charge on any atom is 0.226 e. The Kier molecular flexibility index (Phi) is 4.41. The summed E-state index contributed by atoms with van der Waals surface area (Å²) in [6, 6.07) is 14.7. The van der Waals surface area contributed by atoms with Crippen LogP contribution in [0.4, 0.5) is 0 Å². The molecule has 1 unspecified atom stereocenters. The van der Waals surface area contributed by atoms with Crippen molar-refractivity contribution in [1.82, 2.24) is 9.88 Å². The third-order valence-corrected chi connectivity index (χ3v) is 4.97. The number of hydrogen-bond acceptors (Lipinski definition) is 4. The van der Waals surface area contributed by atoms with Crippen LogP contribution in [0.15, 0.2) is 52.3 Å². The van der Waals surface area contributed by atoms with Crippen molar-refractivity contribution in [3.63, 3.8) is 0 Å². The fourth-order valence-corrected chi connectivity index (χ4v) is 3.25. The highest BCUT2D eigenvalue weighted by atomic mass is 32.1. The molecule has 0 aliphatic rings. The first-order valence-corrected chi connectivity index (χ1v) is 8.28. The Balaban J connectivity index is 1.77. The molecule has 0 amide bonds. The number of benzene rings is 1. The van der Waals surface area contributed by atoms with Gasteiger partial charge in [0.1, 0.15) is 5.76 Å². The van der Waals surface area contributed by atoms with E-state index < -0.39 is 0 Å². The molecule has 0 saturated heterocycles. The summed E-state index contributed by atoms with van der Waals surface area (Å²) in [4.78, 5) is 8.34. The van der Waals surface area contributed by atoms with Crippen molar-refractivity contribution in [1.29, 1.82) is 0 Å². The molecule has 4 heteroatoms. The molecule has 3 aromatic rings. The minimum Gasteiger partial charge on any atom is -0.441 e. The van der Waals surface area contributed by atoms with Crippen LogP contribution in [-0.2, 0) is 6.54 Å². The van der Waals surface area contributed by atoms with Crippen LogP contribution in [0, 0.1) is 6.92 Å². The van der Waals surface area contributed by atoms with Gasteiger partial charge in [-0.2, -0.15) is 0 Å².